The van der Waals surface area contributed by atoms with Gasteiger partial charge in [-0.1, -0.05) is 20.8 Å². The summed E-state index contributed by atoms with van der Waals surface area (Å²) < 4.78 is 0. The second-order valence-corrected chi connectivity index (χ2v) is 6.77. The van der Waals surface area contributed by atoms with E-state index in [-0.39, 0.29) is 16.6 Å². The molecule has 2 aliphatic carbocycles. The number of anilines is 1. The molecule has 0 radical (unpaired) electrons. The van der Waals surface area contributed by atoms with Crippen molar-refractivity contribution in [2.45, 2.75) is 33.6 Å². The molecule has 1 aromatic carbocycles. The molecule has 106 valence electrons. The first-order valence-electron chi connectivity index (χ1n) is 7.17. The normalized spacial score (nSPS) is 32.9. The molecule has 0 aliphatic heterocycles. The first-order valence-corrected chi connectivity index (χ1v) is 7.17. The number of phenols is 1. The zero-order valence-electron chi connectivity index (χ0n) is 12.2. The van der Waals surface area contributed by atoms with Crippen LogP contribution in [0, 0.1) is 16.7 Å². The molecule has 0 aromatic heterocycles. The molecule has 2 N–H and O–H groups in total. The van der Waals surface area contributed by atoms with E-state index in [1.54, 1.807) is 24.3 Å². The minimum Gasteiger partial charge on any atom is -0.508 e. The number of ketones is 1. The second-order valence-electron chi connectivity index (χ2n) is 6.77. The lowest BCUT2D eigenvalue weighted by Gasteiger charge is -2.31. The van der Waals surface area contributed by atoms with Crippen molar-refractivity contribution in [2.24, 2.45) is 16.7 Å². The quantitative estimate of drug-likeness (QED) is 0.636. The molecule has 0 saturated heterocycles. The van der Waals surface area contributed by atoms with Crippen LogP contribution in [0.2, 0.25) is 0 Å². The molecule has 3 heteroatoms. The Labute approximate surface area is 119 Å². The number of carbonyl (C=O) groups is 1. The maximum absolute atomic E-state index is 12.6. The Morgan fingerprint density at radius 3 is 2.45 bits per heavy atom. The number of Topliss-reactive ketones (excluding diaryl/α,β-unsaturated/α-hetero) is 1. The number of fused-ring (bicyclic) bond motifs is 2. The number of aromatic hydroxyl groups is 1. The molecule has 0 amide bonds. The van der Waals surface area contributed by atoms with Gasteiger partial charge in [-0.3, -0.25) is 4.79 Å². The van der Waals surface area contributed by atoms with Gasteiger partial charge in [0.25, 0.3) is 0 Å². The van der Waals surface area contributed by atoms with Crippen molar-refractivity contribution in [1.82, 2.24) is 0 Å². The van der Waals surface area contributed by atoms with Crippen molar-refractivity contribution in [1.29, 1.82) is 0 Å². The van der Waals surface area contributed by atoms with Crippen molar-refractivity contribution in [3.63, 3.8) is 0 Å². The summed E-state index contributed by atoms with van der Waals surface area (Å²) >= 11 is 0. The van der Waals surface area contributed by atoms with E-state index in [1.165, 1.54) is 0 Å². The standard InChI is InChI=1S/C17H21NO2/c1-16(2)14-8-9-17(16,3)15(20)13(14)10-18-11-4-6-12(19)7-5-11/h4-7,10,14,18-19H,8-9H2,1-3H3/t14-,17+/m0/s1. The minimum atomic E-state index is -0.208. The monoisotopic (exact) mass is 271 g/mol. The molecule has 2 bridgehead atoms. The summed E-state index contributed by atoms with van der Waals surface area (Å²) in [7, 11) is 0. The number of nitrogens with one attached hydrogen (secondary N) is 1. The number of allylic oxidation sites excluding steroid dienone is 1. The van der Waals surface area contributed by atoms with Gasteiger partial charge in [-0.2, -0.15) is 0 Å². The summed E-state index contributed by atoms with van der Waals surface area (Å²) in [5.41, 5.74) is 1.65. The molecule has 2 aliphatic rings. The van der Waals surface area contributed by atoms with Crippen LogP contribution in [0.25, 0.3) is 0 Å². The third-order valence-electron chi connectivity index (χ3n) is 5.63. The van der Waals surface area contributed by atoms with Gasteiger partial charge in [-0.05, 0) is 48.4 Å². The van der Waals surface area contributed by atoms with Crippen LogP contribution in [0.1, 0.15) is 33.6 Å². The summed E-state index contributed by atoms with van der Waals surface area (Å²) in [6.45, 7) is 6.53. The van der Waals surface area contributed by atoms with Gasteiger partial charge >= 0.3 is 0 Å². The summed E-state index contributed by atoms with van der Waals surface area (Å²) in [5, 5.41) is 12.5. The number of carbonyl (C=O) groups excluding carboxylic acids is 1. The summed E-state index contributed by atoms with van der Waals surface area (Å²) in [5.74, 6) is 0.891. The summed E-state index contributed by atoms with van der Waals surface area (Å²) in [6.07, 6.45) is 3.96. The topological polar surface area (TPSA) is 49.3 Å². The van der Waals surface area contributed by atoms with Gasteiger partial charge in [-0.15, -0.1) is 0 Å². The van der Waals surface area contributed by atoms with Crippen LogP contribution in [-0.2, 0) is 4.79 Å². The highest BCUT2D eigenvalue weighted by molar-refractivity contribution is 6.04. The van der Waals surface area contributed by atoms with Crippen LogP contribution in [0.5, 0.6) is 5.75 Å². The first-order chi connectivity index (χ1) is 9.36. The van der Waals surface area contributed by atoms with Crippen LogP contribution in [0.3, 0.4) is 0 Å². The highest BCUT2D eigenvalue weighted by atomic mass is 16.3. The molecule has 2 atom stereocenters. The molecule has 1 aromatic rings. The molecule has 0 heterocycles. The van der Waals surface area contributed by atoms with Crippen LogP contribution >= 0.6 is 0 Å². The fourth-order valence-electron chi connectivity index (χ4n) is 3.81. The van der Waals surface area contributed by atoms with E-state index >= 15 is 0 Å². The van der Waals surface area contributed by atoms with Crippen LogP contribution in [-0.4, -0.2) is 10.9 Å². The maximum Gasteiger partial charge on any atom is 0.167 e. The average Bonchev–Trinajstić information content (AvgIpc) is 2.71. The fraction of sp³-hybridized carbons (Fsp3) is 0.471. The lowest BCUT2D eigenvalue weighted by molar-refractivity contribution is -0.125. The number of benzene rings is 1. The van der Waals surface area contributed by atoms with E-state index < -0.39 is 0 Å². The average molecular weight is 271 g/mol. The Kier molecular flexibility index (Phi) is 2.72. The Morgan fingerprint density at radius 2 is 1.90 bits per heavy atom. The van der Waals surface area contributed by atoms with Gasteiger partial charge in [-0.25, -0.2) is 0 Å². The van der Waals surface area contributed by atoms with Crippen molar-refractivity contribution in [3.05, 3.63) is 36.0 Å². The lowest BCUT2D eigenvalue weighted by atomic mass is 9.70. The van der Waals surface area contributed by atoms with Gasteiger partial charge in [0.15, 0.2) is 5.78 Å². The van der Waals surface area contributed by atoms with E-state index in [0.29, 0.717) is 11.7 Å². The van der Waals surface area contributed by atoms with E-state index in [0.717, 1.165) is 24.1 Å². The van der Waals surface area contributed by atoms with E-state index in [9.17, 15) is 9.90 Å². The van der Waals surface area contributed by atoms with E-state index in [4.69, 9.17) is 0 Å². The highest BCUT2D eigenvalue weighted by Crippen LogP contribution is 2.65. The van der Waals surface area contributed by atoms with Crippen LogP contribution < -0.4 is 5.32 Å². The van der Waals surface area contributed by atoms with Gasteiger partial charge < -0.3 is 10.4 Å². The highest BCUT2D eigenvalue weighted by Gasteiger charge is 2.63. The zero-order chi connectivity index (χ0) is 14.5. The number of rotatable bonds is 2. The molecule has 2 saturated carbocycles. The third-order valence-corrected chi connectivity index (χ3v) is 5.63. The largest absolute Gasteiger partial charge is 0.508 e. The predicted molar refractivity (Wildman–Crippen MR) is 79.4 cm³/mol. The molecule has 3 rings (SSSR count). The zero-order valence-corrected chi connectivity index (χ0v) is 12.2. The second kappa shape index (κ2) is 4.11. The smallest absolute Gasteiger partial charge is 0.167 e. The Bertz CT molecular complexity index is 586. The van der Waals surface area contributed by atoms with Crippen molar-refractivity contribution < 1.29 is 9.90 Å². The molecular formula is C17H21NO2. The summed E-state index contributed by atoms with van der Waals surface area (Å²) in [6, 6.07) is 6.87. The van der Waals surface area contributed by atoms with Gasteiger partial charge in [0.05, 0.1) is 0 Å². The van der Waals surface area contributed by atoms with E-state index in [2.05, 4.69) is 26.1 Å². The molecule has 0 spiro atoms. The minimum absolute atomic E-state index is 0.0482. The lowest BCUT2D eigenvalue weighted by Crippen LogP contribution is -2.32. The summed E-state index contributed by atoms with van der Waals surface area (Å²) in [4.78, 5) is 12.6. The number of hydrogen-bond acceptors (Lipinski definition) is 3. The molecule has 2 fully saturated rings. The third kappa shape index (κ3) is 1.62. The Balaban J connectivity index is 1.87. The van der Waals surface area contributed by atoms with Gasteiger partial charge in [0, 0.05) is 22.9 Å². The van der Waals surface area contributed by atoms with Crippen molar-refractivity contribution >= 4 is 11.5 Å². The van der Waals surface area contributed by atoms with Crippen LogP contribution in [0.15, 0.2) is 36.0 Å². The van der Waals surface area contributed by atoms with Crippen molar-refractivity contribution in [2.75, 3.05) is 5.32 Å². The number of phenolic OH excluding ortho intramolecular Hbond substituents is 1. The predicted octanol–water partition coefficient (Wildman–Crippen LogP) is 3.71. The molecule has 3 nitrogen and oxygen atoms in total. The fourth-order valence-corrected chi connectivity index (χ4v) is 3.81. The van der Waals surface area contributed by atoms with E-state index in [1.807, 2.05) is 6.20 Å². The molecule has 0 unspecified atom stereocenters. The molecule has 20 heavy (non-hydrogen) atoms. The Hall–Kier alpha value is -1.77. The van der Waals surface area contributed by atoms with Crippen molar-refractivity contribution in [3.8, 4) is 5.75 Å². The first kappa shape index (κ1) is 13.2. The Morgan fingerprint density at radius 1 is 1.25 bits per heavy atom. The number of hydrogen-bond donors (Lipinski definition) is 2. The molecular weight excluding hydrogens is 250 g/mol. The van der Waals surface area contributed by atoms with Crippen LogP contribution in [0.4, 0.5) is 5.69 Å². The maximum atomic E-state index is 12.6. The van der Waals surface area contributed by atoms with Gasteiger partial charge in [0.2, 0.25) is 0 Å². The SMILES string of the molecule is CC1(C)[C@H]2CC[C@]1(C)C(=O)C2=CNc1ccc(O)cc1. The van der Waals surface area contributed by atoms with Gasteiger partial charge in [0.1, 0.15) is 5.75 Å².